The van der Waals surface area contributed by atoms with Gasteiger partial charge in [-0.2, -0.15) is 0 Å². The van der Waals surface area contributed by atoms with Gasteiger partial charge in [0.2, 0.25) is 0 Å². The molecule has 1 N–H and O–H groups in total. The lowest BCUT2D eigenvalue weighted by Crippen LogP contribution is -2.27. The zero-order valence-corrected chi connectivity index (χ0v) is 10.3. The molecule has 0 heterocycles. The van der Waals surface area contributed by atoms with Gasteiger partial charge in [-0.1, -0.05) is 12.1 Å². The lowest BCUT2D eigenvalue weighted by molar-refractivity contribution is 0.0636. The Bertz CT molecular complexity index is 391. The Morgan fingerprint density at radius 2 is 2.00 bits per heavy atom. The van der Waals surface area contributed by atoms with Gasteiger partial charge < -0.3 is 4.74 Å². The van der Waals surface area contributed by atoms with Crippen molar-refractivity contribution < 1.29 is 9.53 Å². The summed E-state index contributed by atoms with van der Waals surface area (Å²) < 4.78 is 5.16. The van der Waals surface area contributed by atoms with Crippen molar-refractivity contribution in [3.63, 3.8) is 0 Å². The van der Waals surface area contributed by atoms with Crippen LogP contribution in [0.1, 0.15) is 31.9 Å². The quantitative estimate of drug-likeness (QED) is 0.786. The first-order chi connectivity index (χ1) is 7.29. The number of rotatable bonds is 1. The molecule has 16 heavy (non-hydrogen) atoms. The van der Waals surface area contributed by atoms with E-state index in [4.69, 9.17) is 4.74 Å². The molecule has 0 fully saturated rings. The molecule has 1 amide bonds. The van der Waals surface area contributed by atoms with E-state index in [2.05, 4.69) is 12.2 Å². The molecule has 0 bridgehead atoms. The molecule has 0 unspecified atom stereocenters. The van der Waals surface area contributed by atoms with Crippen molar-refractivity contribution in [1.82, 2.24) is 0 Å². The molecule has 1 aromatic carbocycles. The molecule has 0 aromatic heterocycles. The van der Waals surface area contributed by atoms with Gasteiger partial charge in [-0.25, -0.2) is 4.79 Å². The zero-order valence-electron chi connectivity index (χ0n) is 10.3. The second-order valence-electron chi connectivity index (χ2n) is 4.73. The lowest BCUT2D eigenvalue weighted by atomic mass is 10.1. The first kappa shape index (κ1) is 12.6. The highest BCUT2D eigenvalue weighted by molar-refractivity contribution is 5.86. The molecule has 3 nitrogen and oxygen atoms in total. The molecule has 0 aliphatic carbocycles. The van der Waals surface area contributed by atoms with E-state index in [0.29, 0.717) is 5.69 Å². The van der Waals surface area contributed by atoms with E-state index in [9.17, 15) is 4.79 Å². The van der Waals surface area contributed by atoms with Gasteiger partial charge in [0.05, 0.1) is 0 Å². The van der Waals surface area contributed by atoms with Crippen LogP contribution in [0, 0.1) is 13.8 Å². The van der Waals surface area contributed by atoms with E-state index in [1.807, 2.05) is 39.8 Å². The highest BCUT2D eigenvalue weighted by atomic mass is 16.6. The molecule has 0 aliphatic rings. The third kappa shape index (κ3) is 3.57. The molecule has 1 aromatic rings. The second kappa shape index (κ2) is 4.56. The van der Waals surface area contributed by atoms with Gasteiger partial charge in [0, 0.05) is 5.69 Å². The number of anilines is 1. The minimum atomic E-state index is -0.491. The summed E-state index contributed by atoms with van der Waals surface area (Å²) in [5.74, 6) is 0. The van der Waals surface area contributed by atoms with Crippen LogP contribution in [0.4, 0.5) is 10.5 Å². The van der Waals surface area contributed by atoms with Crippen LogP contribution in [0.3, 0.4) is 0 Å². The first-order valence-corrected chi connectivity index (χ1v) is 5.21. The predicted octanol–water partition coefficient (Wildman–Crippen LogP) is 3.52. The molecule has 1 rings (SSSR count). The molecule has 0 saturated carbocycles. The van der Waals surface area contributed by atoms with Crippen LogP contribution in [0.2, 0.25) is 0 Å². The number of benzene rings is 1. The van der Waals surface area contributed by atoms with Gasteiger partial charge >= 0.3 is 6.09 Å². The van der Waals surface area contributed by atoms with E-state index < -0.39 is 11.7 Å². The van der Waals surface area contributed by atoms with Crippen molar-refractivity contribution in [3.05, 3.63) is 36.2 Å². The molecular formula is C13H18NO2. The van der Waals surface area contributed by atoms with Crippen LogP contribution in [0.25, 0.3) is 0 Å². The third-order valence-corrected chi connectivity index (χ3v) is 2.05. The molecule has 0 aliphatic heterocycles. The zero-order chi connectivity index (χ0) is 12.3. The van der Waals surface area contributed by atoms with Crippen molar-refractivity contribution >= 4 is 11.8 Å². The van der Waals surface area contributed by atoms with Gasteiger partial charge in [0.15, 0.2) is 0 Å². The number of hydrogen-bond donors (Lipinski definition) is 1. The Hall–Kier alpha value is -1.51. The maximum atomic E-state index is 11.5. The van der Waals surface area contributed by atoms with Crippen molar-refractivity contribution in [2.45, 2.75) is 33.3 Å². The molecule has 0 atom stereocenters. The smallest absolute Gasteiger partial charge is 0.412 e. The molecular weight excluding hydrogens is 202 g/mol. The average Bonchev–Trinajstić information content (AvgIpc) is 2.09. The Kier molecular flexibility index (Phi) is 3.58. The molecule has 87 valence electrons. The van der Waals surface area contributed by atoms with Gasteiger partial charge in [-0.3, -0.25) is 5.32 Å². The largest absolute Gasteiger partial charge is 0.444 e. The van der Waals surface area contributed by atoms with Crippen LogP contribution in [0.15, 0.2) is 18.2 Å². The van der Waals surface area contributed by atoms with Crippen molar-refractivity contribution in [1.29, 1.82) is 0 Å². The summed E-state index contributed by atoms with van der Waals surface area (Å²) in [4.78, 5) is 11.5. The number of amides is 1. The van der Waals surface area contributed by atoms with Crippen molar-refractivity contribution in [2.24, 2.45) is 0 Å². The van der Waals surface area contributed by atoms with E-state index in [0.717, 1.165) is 11.1 Å². The van der Waals surface area contributed by atoms with E-state index in [1.54, 1.807) is 6.07 Å². The summed E-state index contributed by atoms with van der Waals surface area (Å²) in [7, 11) is 0. The second-order valence-corrected chi connectivity index (χ2v) is 4.73. The Labute approximate surface area is 96.8 Å². The molecule has 0 saturated heterocycles. The first-order valence-electron chi connectivity index (χ1n) is 5.21. The lowest BCUT2D eigenvalue weighted by Gasteiger charge is -2.20. The van der Waals surface area contributed by atoms with Gasteiger partial charge in [-0.15, -0.1) is 0 Å². The Balaban J connectivity index is 2.74. The Morgan fingerprint density at radius 3 is 2.56 bits per heavy atom. The highest BCUT2D eigenvalue weighted by Crippen LogP contribution is 2.19. The molecule has 3 heteroatoms. The average molecular weight is 220 g/mol. The number of nitrogens with one attached hydrogen (secondary N) is 1. The maximum Gasteiger partial charge on any atom is 0.412 e. The van der Waals surface area contributed by atoms with Crippen LogP contribution >= 0.6 is 0 Å². The molecule has 1 radical (unpaired) electrons. The fraction of sp³-hybridized carbons (Fsp3) is 0.385. The maximum absolute atomic E-state index is 11.5. The normalized spacial score (nSPS) is 11.1. The minimum absolute atomic E-state index is 0.456. The Morgan fingerprint density at radius 1 is 1.38 bits per heavy atom. The fourth-order valence-electron chi connectivity index (χ4n) is 1.23. The van der Waals surface area contributed by atoms with Gasteiger partial charge in [-0.05, 0) is 51.8 Å². The number of hydrogen-bond acceptors (Lipinski definition) is 2. The number of carbonyl (C=O) groups is 1. The monoisotopic (exact) mass is 220 g/mol. The van der Waals surface area contributed by atoms with E-state index >= 15 is 0 Å². The predicted molar refractivity (Wildman–Crippen MR) is 65.5 cm³/mol. The third-order valence-electron chi connectivity index (χ3n) is 2.05. The summed E-state index contributed by atoms with van der Waals surface area (Å²) in [6.45, 7) is 11.3. The number of ether oxygens (including phenoxy) is 1. The minimum Gasteiger partial charge on any atom is -0.444 e. The van der Waals surface area contributed by atoms with Crippen molar-refractivity contribution in [2.75, 3.05) is 5.32 Å². The highest BCUT2D eigenvalue weighted by Gasteiger charge is 2.16. The topological polar surface area (TPSA) is 38.3 Å². The fourth-order valence-corrected chi connectivity index (χ4v) is 1.23. The van der Waals surface area contributed by atoms with Crippen molar-refractivity contribution in [3.8, 4) is 0 Å². The van der Waals surface area contributed by atoms with Gasteiger partial charge in [0.25, 0.3) is 0 Å². The standard InChI is InChI=1S/C13H18NO2/c1-9-7-6-8-11(10(9)2)14-12(15)16-13(3,4)5/h6-8H,2H2,1,3-5H3,(H,14,15). The summed E-state index contributed by atoms with van der Waals surface area (Å²) >= 11 is 0. The number of aryl methyl sites for hydroxylation is 1. The number of carbonyl (C=O) groups excluding carboxylic acids is 1. The van der Waals surface area contributed by atoms with Crippen LogP contribution in [-0.4, -0.2) is 11.7 Å². The summed E-state index contributed by atoms with van der Waals surface area (Å²) in [5.41, 5.74) is 2.05. The van der Waals surface area contributed by atoms with E-state index in [1.165, 1.54) is 0 Å². The molecule has 0 spiro atoms. The summed E-state index contributed by atoms with van der Waals surface area (Å²) in [6.07, 6.45) is -0.456. The van der Waals surface area contributed by atoms with Crippen LogP contribution in [0.5, 0.6) is 0 Å². The van der Waals surface area contributed by atoms with Crippen LogP contribution < -0.4 is 5.32 Å². The van der Waals surface area contributed by atoms with E-state index in [-0.39, 0.29) is 0 Å². The SMILES string of the molecule is [CH2]c1c(C)cccc1NC(=O)OC(C)(C)C. The van der Waals surface area contributed by atoms with Gasteiger partial charge in [0.1, 0.15) is 5.60 Å². The summed E-state index contributed by atoms with van der Waals surface area (Å²) in [5, 5.41) is 2.68. The summed E-state index contributed by atoms with van der Waals surface area (Å²) in [6, 6.07) is 5.62. The van der Waals surface area contributed by atoms with Crippen LogP contribution in [-0.2, 0) is 4.74 Å².